The molecule has 0 saturated carbocycles. The highest BCUT2D eigenvalue weighted by atomic mass is 35.5. The van der Waals surface area contributed by atoms with Crippen LogP contribution in [0.2, 0.25) is 10.0 Å². The molecule has 5 aromatic rings. The van der Waals surface area contributed by atoms with Crippen LogP contribution in [0, 0.1) is 5.82 Å². The SMILES string of the molecule is CN(C)C1Cc2ccc(Nc3ncc4c(=O)n(-c5c(Cl)cc(F)cc5Cl)c5nccn5c4n3)cc2C1. The molecule has 1 unspecified atom stereocenters. The van der Waals surface area contributed by atoms with Gasteiger partial charge in [0, 0.05) is 30.3 Å². The highest BCUT2D eigenvalue weighted by molar-refractivity contribution is 6.37. The Kier molecular flexibility index (Phi) is 5.44. The summed E-state index contributed by atoms with van der Waals surface area (Å²) in [6.45, 7) is 0. The Morgan fingerprint density at radius 1 is 1.08 bits per heavy atom. The van der Waals surface area contributed by atoms with Crippen LogP contribution < -0.4 is 10.9 Å². The van der Waals surface area contributed by atoms with Gasteiger partial charge in [0.15, 0.2) is 5.65 Å². The Bertz CT molecular complexity index is 1710. The van der Waals surface area contributed by atoms with E-state index in [-0.39, 0.29) is 26.9 Å². The molecule has 3 aromatic heterocycles. The summed E-state index contributed by atoms with van der Waals surface area (Å²) in [5.41, 5.74) is 3.54. The van der Waals surface area contributed by atoms with Crippen molar-refractivity contribution >= 4 is 51.6 Å². The Morgan fingerprint density at radius 3 is 2.58 bits per heavy atom. The van der Waals surface area contributed by atoms with E-state index in [2.05, 4.69) is 51.4 Å². The van der Waals surface area contributed by atoms with Gasteiger partial charge in [-0.15, -0.1) is 0 Å². The number of halogens is 3. The standard InChI is InChI=1S/C25H20Cl2FN7O/c1-33(2)17-8-13-3-4-16(7-14(13)9-17)31-24-30-12-18-22(32-24)34-6-5-29-25(34)35(23(18)36)21-19(26)10-15(28)11-20(21)27/h3-7,10-12,17H,8-9H2,1-2H3,(H,30,31,32). The Balaban J connectivity index is 1.44. The van der Waals surface area contributed by atoms with E-state index in [9.17, 15) is 9.18 Å². The van der Waals surface area contributed by atoms with Crippen LogP contribution in [0.4, 0.5) is 16.0 Å². The largest absolute Gasteiger partial charge is 0.324 e. The molecule has 0 saturated heterocycles. The molecule has 0 spiro atoms. The lowest BCUT2D eigenvalue weighted by atomic mass is 10.1. The zero-order chi connectivity index (χ0) is 25.1. The molecule has 0 radical (unpaired) electrons. The fourth-order valence-electron chi connectivity index (χ4n) is 4.72. The number of nitrogens with one attached hydrogen (secondary N) is 1. The number of likely N-dealkylation sites (N-methyl/N-ethyl adjacent to an activating group) is 1. The zero-order valence-electron chi connectivity index (χ0n) is 19.3. The number of imidazole rings is 1. The molecule has 0 aliphatic heterocycles. The van der Waals surface area contributed by atoms with E-state index in [1.165, 1.54) is 28.1 Å². The van der Waals surface area contributed by atoms with Gasteiger partial charge in [-0.25, -0.2) is 18.9 Å². The summed E-state index contributed by atoms with van der Waals surface area (Å²) in [6, 6.07) is 8.94. The van der Waals surface area contributed by atoms with Crippen LogP contribution in [-0.4, -0.2) is 49.0 Å². The number of hydrogen-bond donors (Lipinski definition) is 1. The molecule has 8 nitrogen and oxygen atoms in total. The first-order valence-electron chi connectivity index (χ1n) is 11.2. The van der Waals surface area contributed by atoms with E-state index < -0.39 is 11.4 Å². The molecule has 0 bridgehead atoms. The molecule has 3 heterocycles. The molecule has 0 fully saturated rings. The summed E-state index contributed by atoms with van der Waals surface area (Å²) in [4.78, 5) is 29.1. The Morgan fingerprint density at radius 2 is 1.83 bits per heavy atom. The molecule has 1 aliphatic carbocycles. The van der Waals surface area contributed by atoms with Crippen molar-refractivity contribution in [2.24, 2.45) is 0 Å². The third-order valence-corrected chi connectivity index (χ3v) is 7.14. The fraction of sp³-hybridized carbons (Fsp3) is 0.200. The molecule has 0 amide bonds. The summed E-state index contributed by atoms with van der Waals surface area (Å²) >= 11 is 12.6. The molecule has 1 N–H and O–H groups in total. The van der Waals surface area contributed by atoms with E-state index in [4.69, 9.17) is 23.2 Å². The fourth-order valence-corrected chi connectivity index (χ4v) is 5.35. The first-order chi connectivity index (χ1) is 17.3. The molecule has 6 rings (SSSR count). The summed E-state index contributed by atoms with van der Waals surface area (Å²) in [5, 5.41) is 3.45. The van der Waals surface area contributed by atoms with Gasteiger partial charge in [-0.3, -0.25) is 9.20 Å². The van der Waals surface area contributed by atoms with Crippen molar-refractivity contribution in [1.29, 1.82) is 0 Å². The monoisotopic (exact) mass is 523 g/mol. The number of nitrogens with zero attached hydrogens (tertiary/aromatic N) is 6. The number of fused-ring (bicyclic) bond motifs is 4. The van der Waals surface area contributed by atoms with Crippen molar-refractivity contribution in [2.45, 2.75) is 18.9 Å². The van der Waals surface area contributed by atoms with E-state index in [0.717, 1.165) is 30.7 Å². The summed E-state index contributed by atoms with van der Waals surface area (Å²) in [7, 11) is 4.20. The number of aromatic nitrogens is 5. The van der Waals surface area contributed by atoms with Crippen LogP contribution in [0.3, 0.4) is 0 Å². The molecule has 2 aromatic carbocycles. The van der Waals surface area contributed by atoms with Crippen LogP contribution in [-0.2, 0) is 12.8 Å². The van der Waals surface area contributed by atoms with E-state index in [0.29, 0.717) is 17.6 Å². The number of rotatable bonds is 4. The van der Waals surface area contributed by atoms with Crippen LogP contribution >= 0.6 is 23.2 Å². The Labute approximate surface area is 214 Å². The second-order valence-corrected chi connectivity index (χ2v) is 9.84. The predicted octanol–water partition coefficient (Wildman–Crippen LogP) is 4.65. The lowest BCUT2D eigenvalue weighted by Crippen LogP contribution is -2.27. The molecule has 36 heavy (non-hydrogen) atoms. The van der Waals surface area contributed by atoms with Gasteiger partial charge in [-0.2, -0.15) is 4.98 Å². The van der Waals surface area contributed by atoms with Crippen molar-refractivity contribution in [3.05, 3.63) is 86.3 Å². The second kappa shape index (κ2) is 8.55. The third kappa shape index (κ3) is 3.71. The van der Waals surface area contributed by atoms with Gasteiger partial charge >= 0.3 is 0 Å². The molecular formula is C25H20Cl2FN7O. The van der Waals surface area contributed by atoms with Crippen LogP contribution in [0.25, 0.3) is 22.5 Å². The van der Waals surface area contributed by atoms with Gasteiger partial charge in [0.25, 0.3) is 5.56 Å². The quantitative estimate of drug-likeness (QED) is 0.369. The lowest BCUT2D eigenvalue weighted by molar-refractivity contribution is 0.303. The first kappa shape index (κ1) is 22.9. The van der Waals surface area contributed by atoms with Crippen molar-refractivity contribution in [3.8, 4) is 5.69 Å². The minimum Gasteiger partial charge on any atom is -0.324 e. The smallest absolute Gasteiger partial charge is 0.270 e. The topological polar surface area (TPSA) is 80.4 Å². The normalized spacial score (nSPS) is 15.2. The van der Waals surface area contributed by atoms with Gasteiger partial charge < -0.3 is 10.2 Å². The van der Waals surface area contributed by atoms with Gasteiger partial charge in [0.1, 0.15) is 11.2 Å². The van der Waals surface area contributed by atoms with Gasteiger partial charge in [0.2, 0.25) is 11.7 Å². The lowest BCUT2D eigenvalue weighted by Gasteiger charge is -2.17. The molecule has 1 aliphatic rings. The summed E-state index contributed by atoms with van der Waals surface area (Å²) in [5.74, 6) is -0.0285. The maximum atomic E-state index is 13.8. The van der Waals surface area contributed by atoms with Crippen LogP contribution in [0.15, 0.2) is 53.7 Å². The highest BCUT2D eigenvalue weighted by Crippen LogP contribution is 2.31. The van der Waals surface area contributed by atoms with Gasteiger partial charge in [-0.05, 0) is 62.3 Å². The average molecular weight is 524 g/mol. The van der Waals surface area contributed by atoms with Gasteiger partial charge in [-0.1, -0.05) is 29.3 Å². The number of anilines is 2. The van der Waals surface area contributed by atoms with E-state index in [1.807, 2.05) is 6.07 Å². The van der Waals surface area contributed by atoms with Crippen LogP contribution in [0.5, 0.6) is 0 Å². The van der Waals surface area contributed by atoms with Crippen molar-refractivity contribution < 1.29 is 4.39 Å². The molecule has 1 atom stereocenters. The third-order valence-electron chi connectivity index (χ3n) is 6.56. The molecule has 11 heteroatoms. The van der Waals surface area contributed by atoms with Crippen molar-refractivity contribution in [2.75, 3.05) is 19.4 Å². The first-order valence-corrected chi connectivity index (χ1v) is 12.0. The summed E-state index contributed by atoms with van der Waals surface area (Å²) in [6.07, 6.45) is 6.67. The molecular weight excluding hydrogens is 504 g/mol. The van der Waals surface area contributed by atoms with Crippen molar-refractivity contribution in [3.63, 3.8) is 0 Å². The highest BCUT2D eigenvalue weighted by Gasteiger charge is 2.23. The number of hydrogen-bond acceptors (Lipinski definition) is 6. The maximum Gasteiger partial charge on any atom is 0.270 e. The molecule has 182 valence electrons. The van der Waals surface area contributed by atoms with Crippen LogP contribution in [0.1, 0.15) is 11.1 Å². The maximum absolute atomic E-state index is 13.8. The van der Waals surface area contributed by atoms with Crippen molar-refractivity contribution in [1.82, 2.24) is 28.8 Å². The van der Waals surface area contributed by atoms with E-state index >= 15 is 0 Å². The second-order valence-electron chi connectivity index (χ2n) is 9.02. The average Bonchev–Trinajstić information content (AvgIpc) is 3.48. The number of benzene rings is 2. The summed E-state index contributed by atoms with van der Waals surface area (Å²) < 4.78 is 16.7. The van der Waals surface area contributed by atoms with Gasteiger partial charge in [0.05, 0.1) is 15.7 Å². The van der Waals surface area contributed by atoms with E-state index in [1.54, 1.807) is 10.6 Å². The Hall–Kier alpha value is -3.53. The zero-order valence-corrected chi connectivity index (χ0v) is 20.8. The predicted molar refractivity (Wildman–Crippen MR) is 138 cm³/mol. The minimum atomic E-state index is -0.607. The minimum absolute atomic E-state index is 0.0151.